The first-order valence-electron chi connectivity index (χ1n) is 14.8. The van der Waals surface area contributed by atoms with Gasteiger partial charge in [-0.15, -0.1) is 0 Å². The molecule has 4 saturated heterocycles. The fourth-order valence-corrected chi connectivity index (χ4v) is 7.28. The van der Waals surface area contributed by atoms with Crippen LogP contribution in [0.2, 0.25) is 0 Å². The van der Waals surface area contributed by atoms with E-state index in [0.717, 1.165) is 47.6 Å². The van der Waals surface area contributed by atoms with E-state index in [1.165, 1.54) is 4.90 Å². The second kappa shape index (κ2) is 9.76. The van der Waals surface area contributed by atoms with Crippen LogP contribution < -0.4 is 16.0 Å². The van der Waals surface area contributed by atoms with Crippen LogP contribution in [0, 0.1) is 5.41 Å². The van der Waals surface area contributed by atoms with Crippen molar-refractivity contribution >= 4 is 46.3 Å². The summed E-state index contributed by atoms with van der Waals surface area (Å²) in [5, 5.41) is 4.10. The molecule has 4 amide bonds. The number of carbonyl (C=O) groups excluding carboxylic acids is 4. The monoisotopic (exact) mass is 569 g/mol. The molecule has 10 nitrogen and oxygen atoms in total. The maximum absolute atomic E-state index is 13.4. The smallest absolute Gasteiger partial charge is 0.259 e. The number of nitrogens with zero attached hydrogens (tertiary/aromatic N) is 3. The molecule has 10 heteroatoms. The zero-order chi connectivity index (χ0) is 29.2. The van der Waals surface area contributed by atoms with E-state index in [1.54, 1.807) is 12.3 Å². The summed E-state index contributed by atoms with van der Waals surface area (Å²) >= 11 is 0. The molecule has 0 aromatic heterocycles. The molecule has 5 aliphatic heterocycles. The van der Waals surface area contributed by atoms with Gasteiger partial charge >= 0.3 is 0 Å². The number of benzene rings is 2. The van der Waals surface area contributed by atoms with Crippen molar-refractivity contribution in [1.82, 2.24) is 10.2 Å². The van der Waals surface area contributed by atoms with Gasteiger partial charge in [0.15, 0.2) is 0 Å². The third kappa shape index (κ3) is 4.22. The minimum atomic E-state index is -0.720. The third-order valence-electron chi connectivity index (χ3n) is 9.90. The molecule has 8 rings (SSSR count). The predicted octanol–water partition coefficient (Wildman–Crippen LogP) is 2.62. The second-order valence-corrected chi connectivity index (χ2v) is 12.7. The van der Waals surface area contributed by atoms with E-state index in [9.17, 15) is 19.2 Å². The number of allylic oxidation sites excluding steroid dienone is 1. The largest absolute Gasteiger partial charge is 0.404 e. The first-order valence-corrected chi connectivity index (χ1v) is 14.8. The molecule has 1 saturated carbocycles. The van der Waals surface area contributed by atoms with Gasteiger partial charge in [0.25, 0.3) is 5.91 Å². The molecule has 0 spiro atoms. The van der Waals surface area contributed by atoms with Gasteiger partial charge in [-0.3, -0.25) is 34.4 Å². The zero-order valence-electron chi connectivity index (χ0n) is 23.7. The number of nitrogens with two attached hydrogens (primary N) is 1. The Bertz CT molecular complexity index is 1580. The van der Waals surface area contributed by atoms with Gasteiger partial charge in [0, 0.05) is 43.1 Å². The van der Waals surface area contributed by atoms with Crippen LogP contribution >= 0.6 is 0 Å². The molecule has 5 fully saturated rings. The predicted molar refractivity (Wildman–Crippen MR) is 157 cm³/mol. The van der Waals surface area contributed by atoms with E-state index < -0.39 is 11.9 Å². The van der Waals surface area contributed by atoms with Crippen molar-refractivity contribution in [3.05, 3.63) is 53.2 Å². The Balaban J connectivity index is 1.07. The number of hydrogen-bond donors (Lipinski definition) is 2. The molecule has 1 unspecified atom stereocenters. The quantitative estimate of drug-likeness (QED) is 0.406. The number of anilines is 1. The second-order valence-electron chi connectivity index (χ2n) is 12.7. The van der Waals surface area contributed by atoms with Crippen LogP contribution in [0.15, 0.2) is 47.1 Å². The van der Waals surface area contributed by atoms with Crippen molar-refractivity contribution in [3.8, 4) is 0 Å². The normalized spacial score (nSPS) is 28.5. The van der Waals surface area contributed by atoms with Gasteiger partial charge < -0.3 is 15.4 Å². The molecule has 2 aromatic carbocycles. The van der Waals surface area contributed by atoms with Gasteiger partial charge in [0.2, 0.25) is 17.7 Å². The Hall–Kier alpha value is -4.05. The summed E-state index contributed by atoms with van der Waals surface area (Å²) < 4.78 is 5.66. The van der Waals surface area contributed by atoms with Crippen molar-refractivity contribution in [1.29, 1.82) is 0 Å². The molecule has 0 radical (unpaired) electrons. The number of aliphatic imine (C=N–C) groups is 1. The number of fused-ring (bicyclic) bond motifs is 1. The lowest BCUT2D eigenvalue weighted by Gasteiger charge is -2.43. The van der Waals surface area contributed by atoms with Crippen LogP contribution in [-0.2, 0) is 25.5 Å². The van der Waals surface area contributed by atoms with Gasteiger partial charge in [0.1, 0.15) is 6.04 Å². The number of hydrogen-bond acceptors (Lipinski definition) is 7. The maximum Gasteiger partial charge on any atom is 0.259 e. The standard InChI is InChI=1S/C32H35N5O5/c1-31(9-11-36(12-10-31)30(41)32-14-21(15-32)42-18-32)34-17-19(16-33)13-20-5-6-24-27-22(20)3-2-4-23(27)29(40)37(24)25-7-8-26(38)35-28(25)39/h2-6,16-17,21,25H,7-15,18,33H2,1H3,(H,35,38,39)/b19-16-,34-17?. The molecule has 2 bridgehead atoms. The van der Waals surface area contributed by atoms with Crippen molar-refractivity contribution in [2.24, 2.45) is 16.1 Å². The number of ether oxygens (including phenoxy) is 1. The molecular formula is C32H35N5O5. The van der Waals surface area contributed by atoms with E-state index in [4.69, 9.17) is 15.5 Å². The Morgan fingerprint density at radius 1 is 1.17 bits per heavy atom. The lowest BCUT2D eigenvalue weighted by molar-refractivity contribution is -0.145. The lowest BCUT2D eigenvalue weighted by Crippen LogP contribution is -2.53. The highest BCUT2D eigenvalue weighted by molar-refractivity contribution is 6.27. The number of rotatable bonds is 6. The number of amides is 4. The molecule has 1 atom stereocenters. The first kappa shape index (κ1) is 26.8. The molecule has 6 aliphatic rings. The highest BCUT2D eigenvalue weighted by atomic mass is 16.5. The topological polar surface area (TPSA) is 134 Å². The highest BCUT2D eigenvalue weighted by Gasteiger charge is 2.58. The van der Waals surface area contributed by atoms with E-state index in [2.05, 4.69) is 12.2 Å². The van der Waals surface area contributed by atoms with Crippen LogP contribution in [0.25, 0.3) is 10.8 Å². The van der Waals surface area contributed by atoms with Crippen molar-refractivity contribution in [3.63, 3.8) is 0 Å². The maximum atomic E-state index is 13.4. The van der Waals surface area contributed by atoms with Gasteiger partial charge in [-0.25, -0.2) is 0 Å². The van der Waals surface area contributed by atoms with Crippen LogP contribution in [-0.4, -0.2) is 72.1 Å². The summed E-state index contributed by atoms with van der Waals surface area (Å²) in [5.41, 5.74) is 8.59. The van der Waals surface area contributed by atoms with Gasteiger partial charge in [-0.1, -0.05) is 18.2 Å². The highest BCUT2D eigenvalue weighted by Crippen LogP contribution is 2.51. The summed E-state index contributed by atoms with van der Waals surface area (Å²) in [6, 6.07) is 8.76. The number of piperidine rings is 2. The van der Waals surface area contributed by atoms with Crippen molar-refractivity contribution < 1.29 is 23.9 Å². The number of nitrogens with one attached hydrogen (secondary N) is 1. The summed E-state index contributed by atoms with van der Waals surface area (Å²) in [4.78, 5) is 59.4. The molecule has 1 aliphatic carbocycles. The van der Waals surface area contributed by atoms with E-state index in [0.29, 0.717) is 43.8 Å². The van der Waals surface area contributed by atoms with Crippen LogP contribution in [0.3, 0.4) is 0 Å². The first-order chi connectivity index (χ1) is 20.2. The minimum absolute atomic E-state index is 0.200. The molecule has 218 valence electrons. The number of likely N-dealkylation sites (tertiary alicyclic amines) is 1. The Morgan fingerprint density at radius 2 is 1.95 bits per heavy atom. The SMILES string of the molecule is CC1(N=C/C(=C\N)Cc2ccc3c4c(cccc24)C(=O)N3C2CCC(=O)NC2=O)CCN(C(=O)C23COC(C2)C3)CC1. The zero-order valence-corrected chi connectivity index (χ0v) is 23.7. The third-order valence-corrected chi connectivity index (χ3v) is 9.90. The van der Waals surface area contributed by atoms with Gasteiger partial charge in [-0.05, 0) is 73.9 Å². The summed E-state index contributed by atoms with van der Waals surface area (Å²) in [7, 11) is 0. The summed E-state index contributed by atoms with van der Waals surface area (Å²) in [5.74, 6) is -0.742. The van der Waals surface area contributed by atoms with E-state index in [1.807, 2.05) is 35.4 Å². The number of carbonyl (C=O) groups is 4. The van der Waals surface area contributed by atoms with Crippen molar-refractivity contribution in [2.45, 2.75) is 69.6 Å². The van der Waals surface area contributed by atoms with E-state index in [-0.39, 0.29) is 41.2 Å². The van der Waals surface area contributed by atoms with Crippen LogP contribution in [0.4, 0.5) is 5.69 Å². The fraction of sp³-hybridized carbons (Fsp3) is 0.469. The molecular weight excluding hydrogens is 534 g/mol. The lowest BCUT2D eigenvalue weighted by atomic mass is 9.69. The van der Waals surface area contributed by atoms with Crippen molar-refractivity contribution in [2.75, 3.05) is 24.6 Å². The van der Waals surface area contributed by atoms with Gasteiger partial charge in [0.05, 0.1) is 29.4 Å². The Labute approximate surface area is 243 Å². The van der Waals surface area contributed by atoms with Crippen LogP contribution in [0.1, 0.15) is 61.4 Å². The fourth-order valence-electron chi connectivity index (χ4n) is 7.28. The summed E-state index contributed by atoms with van der Waals surface area (Å²) in [6.45, 7) is 4.07. The average molecular weight is 570 g/mol. The minimum Gasteiger partial charge on any atom is -0.404 e. The Morgan fingerprint density at radius 3 is 2.64 bits per heavy atom. The van der Waals surface area contributed by atoms with Gasteiger partial charge in [-0.2, -0.15) is 0 Å². The molecule has 2 aromatic rings. The Kier molecular flexibility index (Phi) is 6.23. The average Bonchev–Trinajstić information content (AvgIpc) is 3.66. The van der Waals surface area contributed by atoms with Crippen LogP contribution in [0.5, 0.6) is 0 Å². The summed E-state index contributed by atoms with van der Waals surface area (Å²) in [6.07, 6.45) is 8.01. The molecule has 5 heterocycles. The molecule has 42 heavy (non-hydrogen) atoms. The van der Waals surface area contributed by atoms with E-state index >= 15 is 0 Å². The number of imide groups is 1. The molecule has 3 N–H and O–H groups in total.